The number of benzene rings is 1. The summed E-state index contributed by atoms with van der Waals surface area (Å²) in [5.41, 5.74) is 1.58. The van der Waals surface area contributed by atoms with Crippen molar-refractivity contribution in [3.8, 4) is 0 Å². The molecule has 0 spiro atoms. The molecule has 152 valence electrons. The van der Waals surface area contributed by atoms with E-state index in [0.29, 0.717) is 18.7 Å². The Morgan fingerprint density at radius 1 is 1.14 bits per heavy atom. The molecule has 2 aromatic rings. The van der Waals surface area contributed by atoms with Crippen molar-refractivity contribution in [1.82, 2.24) is 16.0 Å². The molecule has 7 heteroatoms. The van der Waals surface area contributed by atoms with Gasteiger partial charge < -0.3 is 25.1 Å². The molecule has 1 aromatic heterocycles. The molecule has 1 heterocycles. The molecule has 1 aromatic carbocycles. The molecule has 0 aliphatic heterocycles. The molecule has 0 aliphatic rings. The Morgan fingerprint density at radius 3 is 2.79 bits per heavy atom. The Labute approximate surface area is 166 Å². The van der Waals surface area contributed by atoms with Gasteiger partial charge in [0.05, 0.1) is 19.4 Å². The Morgan fingerprint density at radius 2 is 2.04 bits per heavy atom. The third-order valence-corrected chi connectivity index (χ3v) is 3.92. The van der Waals surface area contributed by atoms with Gasteiger partial charge in [0.15, 0.2) is 5.96 Å². The minimum Gasteiger partial charge on any atom is -0.467 e. The van der Waals surface area contributed by atoms with E-state index in [1.807, 2.05) is 38.1 Å². The van der Waals surface area contributed by atoms with Crippen LogP contribution in [0.4, 0.5) is 0 Å². The Balaban J connectivity index is 1.88. The van der Waals surface area contributed by atoms with E-state index in [1.165, 1.54) is 0 Å². The molecule has 0 radical (unpaired) electrons. The highest BCUT2D eigenvalue weighted by Crippen LogP contribution is 2.08. The fourth-order valence-corrected chi connectivity index (χ4v) is 2.53. The molecule has 0 unspecified atom stereocenters. The first-order valence-electron chi connectivity index (χ1n) is 9.72. The van der Waals surface area contributed by atoms with Crippen LogP contribution < -0.4 is 16.0 Å². The standard InChI is InChI=1S/C21H30N4O3/c1-3-22-21(23-11-7-12-27-4-2)25-15-17-8-5-9-18(14-17)20(26)24-16-19-10-6-13-28-19/h5-6,8-10,13-14H,3-4,7,11-12,15-16H2,1-2H3,(H,24,26)(H2,22,23,25). The molecular formula is C21H30N4O3. The van der Waals surface area contributed by atoms with Gasteiger partial charge in [0.2, 0.25) is 0 Å². The first kappa shape index (κ1) is 21.5. The van der Waals surface area contributed by atoms with Gasteiger partial charge in [-0.1, -0.05) is 12.1 Å². The number of furan rings is 1. The van der Waals surface area contributed by atoms with Gasteiger partial charge in [-0.05, 0) is 50.1 Å². The third-order valence-electron chi connectivity index (χ3n) is 3.92. The minimum absolute atomic E-state index is 0.136. The molecule has 0 saturated heterocycles. The second-order valence-electron chi connectivity index (χ2n) is 6.13. The van der Waals surface area contributed by atoms with E-state index in [0.717, 1.165) is 50.0 Å². The van der Waals surface area contributed by atoms with Crippen molar-refractivity contribution in [2.45, 2.75) is 33.4 Å². The van der Waals surface area contributed by atoms with Crippen LogP contribution in [-0.4, -0.2) is 38.2 Å². The number of carbonyl (C=O) groups excluding carboxylic acids is 1. The smallest absolute Gasteiger partial charge is 0.251 e. The summed E-state index contributed by atoms with van der Waals surface area (Å²) < 4.78 is 10.6. The zero-order chi connectivity index (χ0) is 20.0. The number of hydrogen-bond donors (Lipinski definition) is 3. The van der Waals surface area contributed by atoms with E-state index in [2.05, 4.69) is 20.9 Å². The maximum atomic E-state index is 12.3. The first-order chi connectivity index (χ1) is 13.7. The van der Waals surface area contributed by atoms with Crippen molar-refractivity contribution in [1.29, 1.82) is 0 Å². The van der Waals surface area contributed by atoms with E-state index in [1.54, 1.807) is 18.4 Å². The van der Waals surface area contributed by atoms with Crippen LogP contribution in [0.3, 0.4) is 0 Å². The van der Waals surface area contributed by atoms with Crippen LogP contribution in [0.15, 0.2) is 52.1 Å². The van der Waals surface area contributed by atoms with Gasteiger partial charge in [-0.2, -0.15) is 0 Å². The molecule has 0 bridgehead atoms. The van der Waals surface area contributed by atoms with Crippen LogP contribution in [0.25, 0.3) is 0 Å². The number of hydrogen-bond acceptors (Lipinski definition) is 4. The van der Waals surface area contributed by atoms with E-state index in [-0.39, 0.29) is 5.91 Å². The number of aliphatic imine (C=N–C) groups is 1. The lowest BCUT2D eigenvalue weighted by Crippen LogP contribution is -2.38. The summed E-state index contributed by atoms with van der Waals surface area (Å²) in [6.45, 7) is 7.92. The lowest BCUT2D eigenvalue weighted by molar-refractivity contribution is 0.0948. The predicted octanol–water partition coefficient (Wildman–Crippen LogP) is 2.69. The highest BCUT2D eigenvalue weighted by atomic mass is 16.5. The van der Waals surface area contributed by atoms with E-state index < -0.39 is 0 Å². The van der Waals surface area contributed by atoms with Crippen molar-refractivity contribution in [2.24, 2.45) is 4.99 Å². The zero-order valence-corrected chi connectivity index (χ0v) is 16.7. The van der Waals surface area contributed by atoms with Gasteiger partial charge >= 0.3 is 0 Å². The van der Waals surface area contributed by atoms with Crippen LogP contribution in [0.5, 0.6) is 0 Å². The summed E-state index contributed by atoms with van der Waals surface area (Å²) in [6.07, 6.45) is 2.51. The van der Waals surface area contributed by atoms with Gasteiger partial charge in [0, 0.05) is 31.9 Å². The molecule has 0 atom stereocenters. The lowest BCUT2D eigenvalue weighted by Gasteiger charge is -2.11. The lowest BCUT2D eigenvalue weighted by atomic mass is 10.1. The van der Waals surface area contributed by atoms with E-state index in [9.17, 15) is 4.79 Å². The average Bonchev–Trinajstić information content (AvgIpc) is 3.24. The summed E-state index contributed by atoms with van der Waals surface area (Å²) in [6, 6.07) is 11.1. The van der Waals surface area contributed by atoms with Gasteiger partial charge in [-0.25, -0.2) is 4.99 Å². The number of nitrogens with one attached hydrogen (secondary N) is 3. The summed E-state index contributed by atoms with van der Waals surface area (Å²) in [4.78, 5) is 16.9. The topological polar surface area (TPSA) is 87.9 Å². The molecule has 2 rings (SSSR count). The average molecular weight is 386 g/mol. The Kier molecular flexibility index (Phi) is 9.65. The Hall–Kier alpha value is -2.80. The highest BCUT2D eigenvalue weighted by Gasteiger charge is 2.07. The molecule has 0 saturated carbocycles. The van der Waals surface area contributed by atoms with Crippen LogP contribution in [0, 0.1) is 0 Å². The molecule has 1 amide bonds. The van der Waals surface area contributed by atoms with Gasteiger partial charge in [0.25, 0.3) is 5.91 Å². The van der Waals surface area contributed by atoms with Crippen LogP contribution in [-0.2, 0) is 17.8 Å². The third kappa shape index (κ3) is 7.84. The minimum atomic E-state index is -0.136. The maximum absolute atomic E-state index is 12.3. The van der Waals surface area contributed by atoms with Crippen molar-refractivity contribution in [2.75, 3.05) is 26.3 Å². The zero-order valence-electron chi connectivity index (χ0n) is 16.7. The monoisotopic (exact) mass is 386 g/mol. The second-order valence-corrected chi connectivity index (χ2v) is 6.13. The van der Waals surface area contributed by atoms with Crippen LogP contribution in [0.2, 0.25) is 0 Å². The molecular weight excluding hydrogens is 356 g/mol. The van der Waals surface area contributed by atoms with Gasteiger partial charge in [-0.15, -0.1) is 0 Å². The predicted molar refractivity (Wildman–Crippen MR) is 110 cm³/mol. The van der Waals surface area contributed by atoms with Crippen molar-refractivity contribution < 1.29 is 13.9 Å². The second kappa shape index (κ2) is 12.6. The summed E-state index contributed by atoms with van der Waals surface area (Å²) >= 11 is 0. The molecule has 0 fully saturated rings. The number of carbonyl (C=O) groups is 1. The normalized spacial score (nSPS) is 11.3. The first-order valence-corrected chi connectivity index (χ1v) is 9.72. The molecule has 0 aliphatic carbocycles. The fraction of sp³-hybridized carbons (Fsp3) is 0.429. The summed E-state index contributed by atoms with van der Waals surface area (Å²) in [5.74, 6) is 1.34. The number of nitrogens with zero attached hydrogens (tertiary/aromatic N) is 1. The number of rotatable bonds is 11. The van der Waals surface area contributed by atoms with Crippen molar-refractivity contribution in [3.05, 3.63) is 59.5 Å². The van der Waals surface area contributed by atoms with Crippen LogP contribution in [0.1, 0.15) is 41.9 Å². The van der Waals surface area contributed by atoms with E-state index in [4.69, 9.17) is 9.15 Å². The molecule has 28 heavy (non-hydrogen) atoms. The van der Waals surface area contributed by atoms with Crippen molar-refractivity contribution in [3.63, 3.8) is 0 Å². The number of ether oxygens (including phenoxy) is 1. The highest BCUT2D eigenvalue weighted by molar-refractivity contribution is 5.94. The number of guanidine groups is 1. The quantitative estimate of drug-likeness (QED) is 0.314. The SMILES string of the molecule is CCNC(=NCc1cccc(C(=O)NCc2ccco2)c1)NCCCOCC. The number of amides is 1. The molecule has 7 nitrogen and oxygen atoms in total. The largest absolute Gasteiger partial charge is 0.467 e. The summed E-state index contributed by atoms with van der Waals surface area (Å²) in [7, 11) is 0. The van der Waals surface area contributed by atoms with Crippen LogP contribution >= 0.6 is 0 Å². The fourth-order valence-electron chi connectivity index (χ4n) is 2.53. The maximum Gasteiger partial charge on any atom is 0.251 e. The van der Waals surface area contributed by atoms with Crippen molar-refractivity contribution >= 4 is 11.9 Å². The molecule has 3 N–H and O–H groups in total. The van der Waals surface area contributed by atoms with E-state index >= 15 is 0 Å². The van der Waals surface area contributed by atoms with Gasteiger partial charge in [-0.3, -0.25) is 4.79 Å². The summed E-state index contributed by atoms with van der Waals surface area (Å²) in [5, 5.41) is 9.37. The Bertz CT molecular complexity index is 729. The van der Waals surface area contributed by atoms with Gasteiger partial charge in [0.1, 0.15) is 5.76 Å².